The van der Waals surface area contributed by atoms with Gasteiger partial charge in [-0.15, -0.1) is 11.8 Å². The number of thioether (sulfide) groups is 1. The van der Waals surface area contributed by atoms with Crippen molar-refractivity contribution < 1.29 is 9.90 Å². The molecule has 2 heterocycles. The van der Waals surface area contributed by atoms with Crippen molar-refractivity contribution in [1.29, 1.82) is 0 Å². The molecule has 4 unspecified atom stereocenters. The molecule has 1 amide bonds. The molecule has 0 saturated heterocycles. The van der Waals surface area contributed by atoms with Crippen molar-refractivity contribution in [2.75, 3.05) is 5.32 Å². The van der Waals surface area contributed by atoms with E-state index in [2.05, 4.69) is 50.4 Å². The molecule has 7 heteroatoms. The number of hydrogen-bond acceptors (Lipinski definition) is 5. The van der Waals surface area contributed by atoms with Crippen molar-refractivity contribution in [3.63, 3.8) is 0 Å². The van der Waals surface area contributed by atoms with Gasteiger partial charge in [0.05, 0.1) is 5.03 Å². The maximum atomic E-state index is 13.3. The molecule has 1 aromatic heterocycles. The maximum Gasteiger partial charge on any atom is 0.308 e. The number of aromatic hydroxyl groups is 1. The van der Waals surface area contributed by atoms with Crippen molar-refractivity contribution >= 4 is 34.7 Å². The van der Waals surface area contributed by atoms with Crippen LogP contribution in [0.25, 0.3) is 0 Å². The maximum absolute atomic E-state index is 13.3. The molecule has 5 atom stereocenters. The van der Waals surface area contributed by atoms with E-state index in [1.165, 1.54) is 53.9 Å². The highest BCUT2D eigenvalue weighted by atomic mass is 32.2. The molecule has 2 fully saturated rings. The van der Waals surface area contributed by atoms with Crippen molar-refractivity contribution in [3.05, 3.63) is 74.2 Å². The lowest BCUT2D eigenvalue weighted by molar-refractivity contribution is -0.116. The minimum absolute atomic E-state index is 0.000291. The van der Waals surface area contributed by atoms with E-state index in [1.54, 1.807) is 16.7 Å². The molecule has 0 radical (unpaired) electrons. The summed E-state index contributed by atoms with van der Waals surface area (Å²) in [5.41, 5.74) is 3.32. The van der Waals surface area contributed by atoms with E-state index in [4.69, 9.17) is 0 Å². The number of carbonyl (C=O) groups is 1. The normalized spacial score (nSPS) is 26.5. The Morgan fingerprint density at radius 2 is 1.75 bits per heavy atom. The van der Waals surface area contributed by atoms with Crippen LogP contribution in [-0.2, 0) is 16.8 Å². The Kier molecular flexibility index (Phi) is 5.84. The number of carbonyl (C=O) groups excluding carboxylic acids is 1. The van der Waals surface area contributed by atoms with Gasteiger partial charge < -0.3 is 10.4 Å². The fraction of sp³-hybridized carbons (Fsp3) is 0.448. The van der Waals surface area contributed by atoms with Crippen LogP contribution < -0.4 is 10.2 Å². The van der Waals surface area contributed by atoms with Crippen LogP contribution in [0, 0.1) is 17.8 Å². The Hall–Kier alpha value is -2.51. The predicted octanol–water partition coefficient (Wildman–Crippen LogP) is 6.20. The number of nitrogens with one attached hydrogen (secondary N) is 1. The number of amides is 1. The average molecular weight is 521 g/mol. The molecule has 2 saturated carbocycles. The van der Waals surface area contributed by atoms with Gasteiger partial charge in [-0.05, 0) is 77.8 Å². The van der Waals surface area contributed by atoms with E-state index >= 15 is 0 Å². The number of benzene rings is 2. The summed E-state index contributed by atoms with van der Waals surface area (Å²) in [4.78, 5) is 27.2. The number of aromatic nitrogens is 1. The highest BCUT2D eigenvalue weighted by Crippen LogP contribution is 2.64. The van der Waals surface area contributed by atoms with Gasteiger partial charge in [-0.2, -0.15) is 0 Å². The van der Waals surface area contributed by atoms with Crippen molar-refractivity contribution in [3.8, 4) is 5.75 Å². The molecular formula is C29H32N2O3S2. The topological polar surface area (TPSA) is 71.3 Å². The van der Waals surface area contributed by atoms with E-state index in [-0.39, 0.29) is 34.4 Å². The number of hydrogen-bond donors (Lipinski definition) is 2. The molecule has 36 heavy (non-hydrogen) atoms. The van der Waals surface area contributed by atoms with E-state index in [9.17, 15) is 14.7 Å². The average Bonchev–Trinajstić information content (AvgIpc) is 3.53. The number of phenols is 1. The standard InChI is InChI=1S/C29H32N2O3S2/c1-29(2,3)19-8-6-16(7-9-19)23-24-17-4-5-18(14-17)25(24)35-27-26(23)36-28(34)31(27)15-22(33)30-20-10-12-21(32)13-11-20/h6-13,17-18,23-25,32H,4-5,14-15H2,1-3H3,(H,30,33)/t17?,18?,23-,24?,25?/m0/s1. The van der Waals surface area contributed by atoms with Gasteiger partial charge in [0, 0.05) is 21.7 Å². The lowest BCUT2D eigenvalue weighted by Crippen LogP contribution is -2.35. The summed E-state index contributed by atoms with van der Waals surface area (Å²) in [5.74, 6) is 2.11. The van der Waals surface area contributed by atoms with Gasteiger partial charge in [0.15, 0.2) is 0 Å². The minimum Gasteiger partial charge on any atom is -0.508 e. The van der Waals surface area contributed by atoms with Gasteiger partial charge in [0.2, 0.25) is 5.91 Å². The smallest absolute Gasteiger partial charge is 0.308 e. The number of rotatable bonds is 4. The van der Waals surface area contributed by atoms with E-state index in [1.807, 2.05) is 11.8 Å². The molecule has 0 spiro atoms. The molecule has 188 valence electrons. The highest BCUT2D eigenvalue weighted by molar-refractivity contribution is 8.00. The monoisotopic (exact) mass is 520 g/mol. The summed E-state index contributed by atoms with van der Waals surface area (Å²) in [6.45, 7) is 6.70. The fourth-order valence-electron chi connectivity index (χ4n) is 6.54. The molecule has 2 N–H and O–H groups in total. The van der Waals surface area contributed by atoms with Crippen molar-refractivity contribution in [2.24, 2.45) is 17.8 Å². The zero-order valence-corrected chi connectivity index (χ0v) is 22.5. The third-order valence-corrected chi connectivity index (χ3v) is 11.1. The number of anilines is 1. The van der Waals surface area contributed by atoms with Gasteiger partial charge in [-0.25, -0.2) is 0 Å². The van der Waals surface area contributed by atoms with Crippen LogP contribution in [0.2, 0.25) is 0 Å². The molecule has 2 aromatic carbocycles. The van der Waals surface area contributed by atoms with E-state index in [0.29, 0.717) is 22.8 Å². The number of phenolic OH excluding ortho intramolecular Hbond substituents is 1. The molecular weight excluding hydrogens is 488 g/mol. The molecule has 6 rings (SSSR count). The van der Waals surface area contributed by atoms with Crippen LogP contribution >= 0.6 is 23.1 Å². The first-order valence-electron chi connectivity index (χ1n) is 12.8. The Morgan fingerprint density at radius 3 is 2.44 bits per heavy atom. The predicted molar refractivity (Wildman–Crippen MR) is 146 cm³/mol. The molecule has 5 nitrogen and oxygen atoms in total. The Morgan fingerprint density at radius 1 is 1.06 bits per heavy atom. The summed E-state index contributed by atoms with van der Waals surface area (Å²) in [7, 11) is 0. The molecule has 3 aromatic rings. The van der Waals surface area contributed by atoms with Crippen molar-refractivity contribution in [2.45, 2.75) is 68.2 Å². The Bertz CT molecular complexity index is 1350. The molecule has 1 aliphatic heterocycles. The van der Waals surface area contributed by atoms with Gasteiger partial charge in [-0.1, -0.05) is 56.4 Å². The van der Waals surface area contributed by atoms with Gasteiger partial charge in [0.1, 0.15) is 12.3 Å². The first-order chi connectivity index (χ1) is 17.2. The van der Waals surface area contributed by atoms with Gasteiger partial charge in [-0.3, -0.25) is 14.2 Å². The Balaban J connectivity index is 1.35. The zero-order valence-electron chi connectivity index (χ0n) is 20.9. The first-order valence-corrected chi connectivity index (χ1v) is 14.5. The van der Waals surface area contributed by atoms with E-state index in [0.717, 1.165) is 15.8 Å². The summed E-state index contributed by atoms with van der Waals surface area (Å²) in [6, 6.07) is 15.5. The molecule has 2 aliphatic carbocycles. The summed E-state index contributed by atoms with van der Waals surface area (Å²) in [6.07, 6.45) is 3.86. The SMILES string of the molecule is CC(C)(C)c1ccc([C@@H]2c3sc(=O)n(CC(=O)Nc4ccc(O)cc4)c3SC3C4CCC(C4)C32)cc1. The number of thiazole rings is 1. The zero-order chi connectivity index (χ0) is 25.2. The van der Waals surface area contributed by atoms with Crippen LogP contribution in [0.5, 0.6) is 5.75 Å². The van der Waals surface area contributed by atoms with Crippen molar-refractivity contribution in [1.82, 2.24) is 4.57 Å². The lowest BCUT2D eigenvalue weighted by Gasteiger charge is -2.40. The van der Waals surface area contributed by atoms with Crippen LogP contribution in [0.4, 0.5) is 5.69 Å². The van der Waals surface area contributed by atoms with Crippen LogP contribution in [0.1, 0.15) is 62.0 Å². The first kappa shape index (κ1) is 23.9. The molecule has 3 aliphatic rings. The second kappa shape index (κ2) is 8.80. The van der Waals surface area contributed by atoms with E-state index < -0.39 is 0 Å². The minimum atomic E-state index is -0.231. The van der Waals surface area contributed by atoms with Gasteiger partial charge in [0.25, 0.3) is 0 Å². The van der Waals surface area contributed by atoms with Gasteiger partial charge >= 0.3 is 4.87 Å². The van der Waals surface area contributed by atoms with Crippen LogP contribution in [-0.4, -0.2) is 20.8 Å². The summed E-state index contributed by atoms with van der Waals surface area (Å²) in [5, 5.41) is 13.9. The summed E-state index contributed by atoms with van der Waals surface area (Å²) < 4.78 is 1.69. The largest absolute Gasteiger partial charge is 0.508 e. The fourth-order valence-corrected chi connectivity index (χ4v) is 9.69. The number of nitrogens with zero attached hydrogens (tertiary/aromatic N) is 1. The lowest BCUT2D eigenvalue weighted by atomic mass is 9.74. The third kappa shape index (κ3) is 4.10. The van der Waals surface area contributed by atoms with Crippen LogP contribution in [0.3, 0.4) is 0 Å². The Labute approximate surface area is 219 Å². The summed E-state index contributed by atoms with van der Waals surface area (Å²) >= 11 is 3.18. The third-order valence-electron chi connectivity index (χ3n) is 8.28. The molecule has 2 bridgehead atoms. The second-order valence-electron chi connectivity index (χ2n) is 11.6. The highest BCUT2D eigenvalue weighted by Gasteiger charge is 2.55. The number of fused-ring (bicyclic) bond motifs is 6. The quantitative estimate of drug-likeness (QED) is 0.402. The second-order valence-corrected chi connectivity index (χ2v) is 13.7. The van der Waals surface area contributed by atoms with Crippen LogP contribution in [0.15, 0.2) is 58.4 Å².